The Morgan fingerprint density at radius 1 is 1.38 bits per heavy atom. The second kappa shape index (κ2) is 5.08. The topological polar surface area (TPSA) is 9.23 Å². The van der Waals surface area contributed by atoms with Crippen LogP contribution in [0, 0.1) is 6.92 Å². The number of halogens is 4. The fourth-order valence-electron chi connectivity index (χ4n) is 1.33. The van der Waals surface area contributed by atoms with Gasteiger partial charge >= 0.3 is 6.18 Å². The number of benzene rings is 1. The average molecular weight is 297 g/mol. The molecule has 0 bridgehead atoms. The Hall–Kier alpha value is -0.710. The van der Waals surface area contributed by atoms with Crippen LogP contribution in [0.2, 0.25) is 0 Å². The minimum atomic E-state index is -4.32. The summed E-state index contributed by atoms with van der Waals surface area (Å²) in [7, 11) is 0. The second-order valence-corrected chi connectivity index (χ2v) is 4.29. The van der Waals surface area contributed by atoms with Gasteiger partial charge in [0.05, 0.1) is 6.61 Å². The first-order chi connectivity index (χ1) is 7.36. The van der Waals surface area contributed by atoms with Crippen molar-refractivity contribution >= 4 is 15.9 Å². The minimum Gasteiger partial charge on any atom is -0.494 e. The normalized spacial score (nSPS) is 13.6. The van der Waals surface area contributed by atoms with Crippen molar-refractivity contribution in [3.8, 4) is 5.75 Å². The molecule has 5 heteroatoms. The van der Waals surface area contributed by atoms with Crippen LogP contribution in [-0.2, 0) is 0 Å². The van der Waals surface area contributed by atoms with E-state index in [0.717, 1.165) is 5.56 Å². The summed E-state index contributed by atoms with van der Waals surface area (Å²) < 4.78 is 42.9. The molecule has 0 amide bonds. The summed E-state index contributed by atoms with van der Waals surface area (Å²) in [4.78, 5) is -1.69. The van der Waals surface area contributed by atoms with Crippen molar-refractivity contribution in [3.05, 3.63) is 29.3 Å². The van der Waals surface area contributed by atoms with Gasteiger partial charge in [0.25, 0.3) is 0 Å². The third-order valence-corrected chi connectivity index (χ3v) is 3.04. The number of hydrogen-bond donors (Lipinski definition) is 0. The molecule has 1 rings (SSSR count). The van der Waals surface area contributed by atoms with E-state index >= 15 is 0 Å². The summed E-state index contributed by atoms with van der Waals surface area (Å²) in [5, 5.41) is 0. The molecular weight excluding hydrogens is 285 g/mol. The van der Waals surface area contributed by atoms with Gasteiger partial charge in [-0.15, -0.1) is 0 Å². The van der Waals surface area contributed by atoms with Gasteiger partial charge in [0.1, 0.15) is 10.6 Å². The molecule has 0 aliphatic carbocycles. The third-order valence-electron chi connectivity index (χ3n) is 2.03. The monoisotopic (exact) mass is 296 g/mol. The average Bonchev–Trinajstić information content (AvgIpc) is 2.18. The lowest BCUT2D eigenvalue weighted by molar-refractivity contribution is -0.128. The Labute approximate surface area is 101 Å². The Bertz CT molecular complexity index is 363. The zero-order valence-corrected chi connectivity index (χ0v) is 10.5. The Kier molecular flexibility index (Phi) is 4.24. The lowest BCUT2D eigenvalue weighted by atomic mass is 10.1. The maximum Gasteiger partial charge on any atom is 0.405 e. The zero-order chi connectivity index (χ0) is 12.3. The summed E-state index contributed by atoms with van der Waals surface area (Å²) in [5.74, 6) is 0.271. The van der Waals surface area contributed by atoms with Gasteiger partial charge in [-0.2, -0.15) is 13.2 Å². The molecule has 1 atom stereocenters. The SMILES string of the molecule is CCOc1ccc(C)cc1C(Br)C(F)(F)F. The van der Waals surface area contributed by atoms with Crippen molar-refractivity contribution in [2.24, 2.45) is 0 Å². The fraction of sp³-hybridized carbons (Fsp3) is 0.455. The second-order valence-electron chi connectivity index (χ2n) is 3.38. The highest BCUT2D eigenvalue weighted by Gasteiger charge is 2.40. The van der Waals surface area contributed by atoms with Gasteiger partial charge in [0, 0.05) is 5.56 Å². The number of hydrogen-bond acceptors (Lipinski definition) is 1. The summed E-state index contributed by atoms with van der Waals surface area (Å²) in [6, 6.07) is 4.77. The van der Waals surface area contributed by atoms with E-state index < -0.39 is 11.0 Å². The van der Waals surface area contributed by atoms with Gasteiger partial charge in [-0.25, -0.2) is 0 Å². The van der Waals surface area contributed by atoms with E-state index in [0.29, 0.717) is 6.61 Å². The highest BCUT2D eigenvalue weighted by molar-refractivity contribution is 9.09. The van der Waals surface area contributed by atoms with Crippen LogP contribution in [0.3, 0.4) is 0 Å². The molecule has 0 saturated carbocycles. The first kappa shape index (κ1) is 13.4. The van der Waals surface area contributed by atoms with Gasteiger partial charge in [-0.1, -0.05) is 33.6 Å². The van der Waals surface area contributed by atoms with Gasteiger partial charge in [-0.05, 0) is 19.9 Å². The summed E-state index contributed by atoms with van der Waals surface area (Å²) in [5.41, 5.74) is 0.890. The number of alkyl halides is 4. The largest absolute Gasteiger partial charge is 0.494 e. The summed E-state index contributed by atoms with van der Waals surface area (Å²) in [6.07, 6.45) is -4.32. The Morgan fingerprint density at radius 2 is 2.00 bits per heavy atom. The molecule has 0 radical (unpaired) electrons. The van der Waals surface area contributed by atoms with Crippen LogP contribution in [-0.4, -0.2) is 12.8 Å². The molecule has 0 spiro atoms. The number of ether oxygens (including phenoxy) is 1. The predicted molar refractivity (Wildman–Crippen MR) is 60.1 cm³/mol. The van der Waals surface area contributed by atoms with Gasteiger partial charge < -0.3 is 4.74 Å². The molecule has 0 heterocycles. The third kappa shape index (κ3) is 3.14. The number of aryl methyl sites for hydroxylation is 1. The van der Waals surface area contributed by atoms with E-state index in [4.69, 9.17) is 4.74 Å². The van der Waals surface area contributed by atoms with Crippen molar-refractivity contribution in [3.63, 3.8) is 0 Å². The molecule has 16 heavy (non-hydrogen) atoms. The molecule has 1 aromatic carbocycles. The minimum absolute atomic E-state index is 0.120. The van der Waals surface area contributed by atoms with Crippen molar-refractivity contribution < 1.29 is 17.9 Å². The smallest absolute Gasteiger partial charge is 0.405 e. The van der Waals surface area contributed by atoms with Crippen molar-refractivity contribution in [2.75, 3.05) is 6.61 Å². The maximum atomic E-state index is 12.6. The molecule has 1 nitrogen and oxygen atoms in total. The summed E-state index contributed by atoms with van der Waals surface area (Å²) >= 11 is 2.66. The van der Waals surface area contributed by atoms with Crippen LogP contribution in [0.4, 0.5) is 13.2 Å². The molecule has 1 aromatic rings. The number of rotatable bonds is 3. The van der Waals surface area contributed by atoms with E-state index in [1.165, 1.54) is 6.07 Å². The summed E-state index contributed by atoms with van der Waals surface area (Å²) in [6.45, 7) is 3.82. The molecule has 0 saturated heterocycles. The highest BCUT2D eigenvalue weighted by Crippen LogP contribution is 2.43. The van der Waals surface area contributed by atoms with Crippen LogP contribution >= 0.6 is 15.9 Å². The highest BCUT2D eigenvalue weighted by atomic mass is 79.9. The van der Waals surface area contributed by atoms with Crippen molar-refractivity contribution in [1.82, 2.24) is 0 Å². The van der Waals surface area contributed by atoms with Crippen LogP contribution < -0.4 is 4.74 Å². The van der Waals surface area contributed by atoms with Crippen LogP contribution in [0.25, 0.3) is 0 Å². The lowest BCUT2D eigenvalue weighted by Gasteiger charge is -2.18. The van der Waals surface area contributed by atoms with Crippen molar-refractivity contribution in [2.45, 2.75) is 24.9 Å². The van der Waals surface area contributed by atoms with Gasteiger partial charge in [0.2, 0.25) is 0 Å². The quantitative estimate of drug-likeness (QED) is 0.752. The predicted octanol–water partition coefficient (Wildman–Crippen LogP) is 4.39. The van der Waals surface area contributed by atoms with E-state index in [-0.39, 0.29) is 11.3 Å². The van der Waals surface area contributed by atoms with Gasteiger partial charge in [0.15, 0.2) is 0 Å². The molecule has 0 aliphatic heterocycles. The lowest BCUT2D eigenvalue weighted by Crippen LogP contribution is -2.16. The first-order valence-electron chi connectivity index (χ1n) is 4.80. The molecule has 0 N–H and O–H groups in total. The van der Waals surface area contributed by atoms with Gasteiger partial charge in [-0.3, -0.25) is 0 Å². The molecule has 0 aliphatic rings. The molecule has 0 fully saturated rings. The van der Waals surface area contributed by atoms with E-state index in [9.17, 15) is 13.2 Å². The van der Waals surface area contributed by atoms with E-state index in [1.54, 1.807) is 26.0 Å². The zero-order valence-electron chi connectivity index (χ0n) is 8.94. The maximum absolute atomic E-state index is 12.6. The standard InChI is InChI=1S/C11H12BrF3O/c1-3-16-9-5-4-7(2)6-8(9)10(12)11(13,14)15/h4-6,10H,3H2,1-2H3. The van der Waals surface area contributed by atoms with Crippen LogP contribution in [0.15, 0.2) is 18.2 Å². The molecule has 1 unspecified atom stereocenters. The first-order valence-corrected chi connectivity index (χ1v) is 5.72. The van der Waals surface area contributed by atoms with Crippen molar-refractivity contribution in [1.29, 1.82) is 0 Å². The molecule has 90 valence electrons. The van der Waals surface area contributed by atoms with Crippen LogP contribution in [0.5, 0.6) is 5.75 Å². The Morgan fingerprint density at radius 3 is 2.50 bits per heavy atom. The molecular formula is C11H12BrF3O. The fourth-order valence-corrected chi connectivity index (χ4v) is 1.69. The van der Waals surface area contributed by atoms with E-state index in [2.05, 4.69) is 15.9 Å². The Balaban J connectivity index is 3.14. The molecule has 0 aromatic heterocycles. The van der Waals surface area contributed by atoms with Crippen LogP contribution in [0.1, 0.15) is 22.9 Å². The van der Waals surface area contributed by atoms with E-state index in [1.807, 2.05) is 0 Å².